The molecule has 1 atom stereocenters. The third kappa shape index (κ3) is 4.51. The minimum absolute atomic E-state index is 0.124. The molecule has 7 heteroatoms. The molecule has 0 aliphatic carbocycles. The Morgan fingerprint density at radius 3 is 2.58 bits per heavy atom. The van der Waals surface area contributed by atoms with E-state index in [2.05, 4.69) is 10.3 Å². The van der Waals surface area contributed by atoms with E-state index in [0.717, 1.165) is 11.1 Å². The van der Waals surface area contributed by atoms with E-state index < -0.39 is 5.25 Å². The maximum atomic E-state index is 13.3. The van der Waals surface area contributed by atoms with Crippen molar-refractivity contribution in [1.29, 1.82) is 0 Å². The zero-order valence-electron chi connectivity index (χ0n) is 17.3. The molecule has 2 aromatic heterocycles. The Labute approximate surface area is 184 Å². The standard InChI is InChI=1S/C24H22N4O2S/c1-16-9-8-14-25-21(16)28-23(30)19-12-6-7-13-20(19)27-24(28)31-17(2)22(29)26-15-18-10-4-3-5-11-18/h3-14,17H,15H2,1-2H3,(H,26,29). The van der Waals surface area contributed by atoms with Gasteiger partial charge >= 0.3 is 0 Å². The van der Waals surface area contributed by atoms with E-state index in [1.54, 1.807) is 18.3 Å². The summed E-state index contributed by atoms with van der Waals surface area (Å²) in [5.74, 6) is 0.394. The van der Waals surface area contributed by atoms with Gasteiger partial charge in [-0.15, -0.1) is 0 Å². The first-order valence-electron chi connectivity index (χ1n) is 9.96. The Hall–Kier alpha value is -3.45. The van der Waals surface area contributed by atoms with Crippen LogP contribution in [0.1, 0.15) is 18.1 Å². The topological polar surface area (TPSA) is 76.9 Å². The number of hydrogen-bond acceptors (Lipinski definition) is 5. The molecule has 6 nitrogen and oxygen atoms in total. The SMILES string of the molecule is Cc1cccnc1-n1c(SC(C)C(=O)NCc2ccccc2)nc2ccccc2c1=O. The molecule has 2 heterocycles. The summed E-state index contributed by atoms with van der Waals surface area (Å²) < 4.78 is 1.50. The molecule has 1 N–H and O–H groups in total. The van der Waals surface area contributed by atoms with Crippen LogP contribution in [0, 0.1) is 6.92 Å². The van der Waals surface area contributed by atoms with E-state index in [0.29, 0.717) is 28.4 Å². The Morgan fingerprint density at radius 2 is 1.81 bits per heavy atom. The van der Waals surface area contributed by atoms with E-state index in [9.17, 15) is 9.59 Å². The number of hydrogen-bond donors (Lipinski definition) is 1. The van der Waals surface area contributed by atoms with Gasteiger partial charge in [0.2, 0.25) is 5.91 Å². The van der Waals surface area contributed by atoms with Crippen molar-refractivity contribution in [3.8, 4) is 5.82 Å². The number of pyridine rings is 1. The molecule has 0 fully saturated rings. The van der Waals surface area contributed by atoms with Gasteiger partial charge in [0.1, 0.15) is 5.82 Å². The lowest BCUT2D eigenvalue weighted by Gasteiger charge is -2.17. The van der Waals surface area contributed by atoms with Crippen molar-refractivity contribution in [2.24, 2.45) is 0 Å². The average molecular weight is 431 g/mol. The van der Waals surface area contributed by atoms with Crippen molar-refractivity contribution in [3.63, 3.8) is 0 Å². The molecular formula is C24H22N4O2S. The second-order valence-corrected chi connectivity index (χ2v) is 8.47. The Kier molecular flexibility index (Phi) is 6.13. The molecular weight excluding hydrogens is 408 g/mol. The molecule has 156 valence electrons. The zero-order chi connectivity index (χ0) is 21.8. The van der Waals surface area contributed by atoms with Gasteiger partial charge in [-0.3, -0.25) is 9.59 Å². The smallest absolute Gasteiger partial charge is 0.267 e. The van der Waals surface area contributed by atoms with Gasteiger partial charge in [-0.1, -0.05) is 60.3 Å². The molecule has 4 aromatic rings. The summed E-state index contributed by atoms with van der Waals surface area (Å²) in [6.07, 6.45) is 1.65. The fourth-order valence-electron chi connectivity index (χ4n) is 3.23. The van der Waals surface area contributed by atoms with Gasteiger partial charge in [0, 0.05) is 12.7 Å². The maximum Gasteiger partial charge on any atom is 0.267 e. The van der Waals surface area contributed by atoms with Crippen LogP contribution in [0.15, 0.2) is 82.9 Å². The fraction of sp³-hybridized carbons (Fsp3) is 0.167. The number of nitrogens with zero attached hydrogens (tertiary/aromatic N) is 3. The van der Waals surface area contributed by atoms with Crippen LogP contribution < -0.4 is 10.9 Å². The van der Waals surface area contributed by atoms with E-state index >= 15 is 0 Å². The number of nitrogens with one attached hydrogen (secondary N) is 1. The van der Waals surface area contributed by atoms with Crippen LogP contribution in [0.4, 0.5) is 0 Å². The van der Waals surface area contributed by atoms with Crippen LogP contribution in [-0.2, 0) is 11.3 Å². The van der Waals surface area contributed by atoms with Crippen LogP contribution in [0.3, 0.4) is 0 Å². The van der Waals surface area contributed by atoms with Crippen molar-refractivity contribution in [3.05, 3.63) is 94.4 Å². The number of aryl methyl sites for hydroxylation is 1. The normalized spacial score (nSPS) is 11.9. The number of amides is 1. The molecule has 1 unspecified atom stereocenters. The summed E-state index contributed by atoms with van der Waals surface area (Å²) in [6.45, 7) is 4.15. The summed E-state index contributed by atoms with van der Waals surface area (Å²) in [7, 11) is 0. The number of carbonyl (C=O) groups is 1. The number of carbonyl (C=O) groups excluding carboxylic acids is 1. The molecule has 0 radical (unpaired) electrons. The Balaban J connectivity index is 1.68. The molecule has 31 heavy (non-hydrogen) atoms. The first-order valence-corrected chi connectivity index (χ1v) is 10.8. The highest BCUT2D eigenvalue weighted by Gasteiger charge is 2.21. The molecule has 0 saturated heterocycles. The predicted molar refractivity (Wildman–Crippen MR) is 123 cm³/mol. The molecule has 0 saturated carbocycles. The Bertz CT molecular complexity index is 1290. The maximum absolute atomic E-state index is 13.3. The third-order valence-electron chi connectivity index (χ3n) is 4.90. The number of benzene rings is 2. The van der Waals surface area contributed by atoms with E-state index in [-0.39, 0.29) is 11.5 Å². The van der Waals surface area contributed by atoms with Crippen LogP contribution in [-0.4, -0.2) is 25.7 Å². The minimum atomic E-state index is -0.452. The highest BCUT2D eigenvalue weighted by atomic mass is 32.2. The van der Waals surface area contributed by atoms with Gasteiger partial charge in [-0.25, -0.2) is 14.5 Å². The first-order chi connectivity index (χ1) is 15.0. The number of rotatable bonds is 6. The van der Waals surface area contributed by atoms with Crippen molar-refractivity contribution in [2.45, 2.75) is 30.8 Å². The minimum Gasteiger partial charge on any atom is -0.351 e. The quantitative estimate of drug-likeness (QED) is 0.371. The van der Waals surface area contributed by atoms with Crippen molar-refractivity contribution >= 4 is 28.6 Å². The molecule has 0 spiro atoms. The summed E-state index contributed by atoms with van der Waals surface area (Å²) >= 11 is 1.25. The monoisotopic (exact) mass is 430 g/mol. The van der Waals surface area contributed by atoms with E-state index in [1.807, 2.05) is 68.4 Å². The number of thioether (sulfide) groups is 1. The summed E-state index contributed by atoms with van der Waals surface area (Å²) in [5.41, 5.74) is 2.27. The third-order valence-corrected chi connectivity index (χ3v) is 5.95. The van der Waals surface area contributed by atoms with Gasteiger partial charge in [-0.2, -0.15) is 0 Å². The largest absolute Gasteiger partial charge is 0.351 e. The predicted octanol–water partition coefficient (Wildman–Crippen LogP) is 3.89. The molecule has 2 aromatic carbocycles. The van der Waals surface area contributed by atoms with E-state index in [4.69, 9.17) is 4.98 Å². The van der Waals surface area contributed by atoms with Gasteiger partial charge in [0.15, 0.2) is 5.16 Å². The highest BCUT2D eigenvalue weighted by molar-refractivity contribution is 8.00. The Morgan fingerprint density at radius 1 is 1.06 bits per heavy atom. The second-order valence-electron chi connectivity index (χ2n) is 7.16. The van der Waals surface area contributed by atoms with Crippen molar-refractivity contribution in [1.82, 2.24) is 19.9 Å². The lowest BCUT2D eigenvalue weighted by Crippen LogP contribution is -2.31. The van der Waals surface area contributed by atoms with Gasteiger partial charge in [0.05, 0.1) is 16.2 Å². The van der Waals surface area contributed by atoms with Gasteiger partial charge in [0.25, 0.3) is 5.56 Å². The first kappa shape index (κ1) is 20.8. The number of aromatic nitrogens is 3. The number of para-hydroxylation sites is 1. The van der Waals surface area contributed by atoms with Crippen LogP contribution in [0.5, 0.6) is 0 Å². The van der Waals surface area contributed by atoms with Crippen molar-refractivity contribution < 1.29 is 4.79 Å². The van der Waals surface area contributed by atoms with Crippen LogP contribution in [0.2, 0.25) is 0 Å². The van der Waals surface area contributed by atoms with Crippen LogP contribution >= 0.6 is 11.8 Å². The lowest BCUT2D eigenvalue weighted by molar-refractivity contribution is -0.120. The highest BCUT2D eigenvalue weighted by Crippen LogP contribution is 2.25. The molecule has 0 bridgehead atoms. The molecule has 0 aliphatic rings. The zero-order valence-corrected chi connectivity index (χ0v) is 18.1. The summed E-state index contributed by atoms with van der Waals surface area (Å²) in [5, 5.41) is 3.45. The molecule has 4 rings (SSSR count). The van der Waals surface area contributed by atoms with Gasteiger partial charge < -0.3 is 5.32 Å². The second kappa shape index (κ2) is 9.14. The van der Waals surface area contributed by atoms with Gasteiger partial charge in [-0.05, 0) is 43.2 Å². The van der Waals surface area contributed by atoms with E-state index in [1.165, 1.54) is 16.3 Å². The summed E-state index contributed by atoms with van der Waals surface area (Å²) in [4.78, 5) is 35.2. The van der Waals surface area contributed by atoms with Crippen molar-refractivity contribution in [2.75, 3.05) is 0 Å². The number of fused-ring (bicyclic) bond motifs is 1. The summed E-state index contributed by atoms with van der Waals surface area (Å²) in [6, 6.07) is 20.7. The molecule has 0 aliphatic heterocycles. The van der Waals surface area contributed by atoms with Crippen LogP contribution in [0.25, 0.3) is 16.7 Å². The lowest BCUT2D eigenvalue weighted by atomic mass is 10.2. The average Bonchev–Trinajstić information content (AvgIpc) is 2.79. The fourth-order valence-corrected chi connectivity index (χ4v) is 4.16. The molecule has 1 amide bonds.